The van der Waals surface area contributed by atoms with E-state index in [-0.39, 0.29) is 21.9 Å². The van der Waals surface area contributed by atoms with Gasteiger partial charge < -0.3 is 4.52 Å². The second-order valence-electron chi connectivity index (χ2n) is 5.43. The van der Waals surface area contributed by atoms with Gasteiger partial charge in [0, 0.05) is 17.7 Å². The smallest absolute Gasteiger partial charge is 0.190 e. The standard InChI is InChI=1S/C17H9ClF3N3O/c1-8-15(11-3-2-9(19)4-12(11)18)17(23-25-8)24-7-22-14-6-10(20)5-13(21)16(14)24/h2-7H,1H3. The molecule has 0 saturated heterocycles. The first-order chi connectivity index (χ1) is 12.0. The van der Waals surface area contributed by atoms with Gasteiger partial charge in [-0.25, -0.2) is 18.2 Å². The number of aryl methyl sites for hydroxylation is 1. The molecule has 0 amide bonds. The molecule has 0 fully saturated rings. The van der Waals surface area contributed by atoms with Crippen molar-refractivity contribution in [1.82, 2.24) is 14.7 Å². The summed E-state index contributed by atoms with van der Waals surface area (Å²) in [5, 5.41) is 4.10. The Labute approximate surface area is 144 Å². The lowest BCUT2D eigenvalue weighted by molar-refractivity contribution is 0.395. The molecule has 2 heterocycles. The summed E-state index contributed by atoms with van der Waals surface area (Å²) in [6.07, 6.45) is 1.31. The van der Waals surface area contributed by atoms with Gasteiger partial charge in [-0.2, -0.15) is 0 Å². The normalized spacial score (nSPS) is 11.4. The van der Waals surface area contributed by atoms with E-state index in [0.717, 1.165) is 18.2 Å². The lowest BCUT2D eigenvalue weighted by Gasteiger charge is -2.07. The highest BCUT2D eigenvalue weighted by Crippen LogP contribution is 2.36. The van der Waals surface area contributed by atoms with Crippen LogP contribution in [0.3, 0.4) is 0 Å². The van der Waals surface area contributed by atoms with Crippen LogP contribution in [0.25, 0.3) is 28.0 Å². The van der Waals surface area contributed by atoms with Crippen molar-refractivity contribution in [2.75, 3.05) is 0 Å². The van der Waals surface area contributed by atoms with Crippen molar-refractivity contribution >= 4 is 22.6 Å². The zero-order valence-corrected chi connectivity index (χ0v) is 13.5. The van der Waals surface area contributed by atoms with Gasteiger partial charge in [-0.3, -0.25) is 4.57 Å². The Morgan fingerprint density at radius 1 is 1.08 bits per heavy atom. The number of imidazole rings is 1. The van der Waals surface area contributed by atoms with E-state index in [2.05, 4.69) is 10.1 Å². The molecular weight excluding hydrogens is 355 g/mol. The van der Waals surface area contributed by atoms with Crippen LogP contribution in [0.5, 0.6) is 0 Å². The molecule has 0 radical (unpaired) electrons. The summed E-state index contributed by atoms with van der Waals surface area (Å²) < 4.78 is 47.5. The van der Waals surface area contributed by atoms with Crippen LogP contribution < -0.4 is 0 Å². The third-order valence-electron chi connectivity index (χ3n) is 3.83. The van der Waals surface area contributed by atoms with Crippen LogP contribution in [0, 0.1) is 24.4 Å². The Balaban J connectivity index is 2.00. The van der Waals surface area contributed by atoms with Crippen LogP contribution >= 0.6 is 11.6 Å². The molecule has 2 aromatic heterocycles. The molecular formula is C17H9ClF3N3O. The highest BCUT2D eigenvalue weighted by Gasteiger charge is 2.22. The predicted molar refractivity (Wildman–Crippen MR) is 86.2 cm³/mol. The van der Waals surface area contributed by atoms with Crippen LogP contribution in [0.15, 0.2) is 41.2 Å². The minimum absolute atomic E-state index is 0.0502. The van der Waals surface area contributed by atoms with Crippen LogP contribution in [0.4, 0.5) is 13.2 Å². The van der Waals surface area contributed by atoms with E-state index in [4.69, 9.17) is 16.1 Å². The summed E-state index contributed by atoms with van der Waals surface area (Å²) >= 11 is 6.14. The quantitative estimate of drug-likeness (QED) is 0.500. The Hall–Kier alpha value is -2.80. The monoisotopic (exact) mass is 363 g/mol. The molecule has 2 aromatic carbocycles. The molecule has 0 aliphatic rings. The molecule has 25 heavy (non-hydrogen) atoms. The lowest BCUT2D eigenvalue weighted by Crippen LogP contribution is -1.98. The molecule has 4 nitrogen and oxygen atoms in total. The van der Waals surface area contributed by atoms with Crippen LogP contribution in [0.2, 0.25) is 5.02 Å². The van der Waals surface area contributed by atoms with E-state index in [1.165, 1.54) is 23.0 Å². The molecule has 0 bridgehead atoms. The van der Waals surface area contributed by atoms with Gasteiger partial charge in [0.2, 0.25) is 0 Å². The highest BCUT2D eigenvalue weighted by molar-refractivity contribution is 6.33. The van der Waals surface area contributed by atoms with E-state index in [0.29, 0.717) is 16.9 Å². The molecule has 0 aliphatic carbocycles. The van der Waals surface area contributed by atoms with Crippen molar-refractivity contribution in [2.24, 2.45) is 0 Å². The number of hydrogen-bond acceptors (Lipinski definition) is 3. The fourth-order valence-corrected chi connectivity index (χ4v) is 3.02. The Bertz CT molecular complexity index is 1120. The molecule has 8 heteroatoms. The Kier molecular flexibility index (Phi) is 3.54. The van der Waals surface area contributed by atoms with E-state index >= 15 is 0 Å². The second-order valence-corrected chi connectivity index (χ2v) is 5.84. The van der Waals surface area contributed by atoms with Crippen molar-refractivity contribution in [2.45, 2.75) is 6.92 Å². The maximum Gasteiger partial charge on any atom is 0.190 e. The fourth-order valence-electron chi connectivity index (χ4n) is 2.75. The maximum absolute atomic E-state index is 14.3. The van der Waals surface area contributed by atoms with Crippen molar-refractivity contribution in [3.05, 3.63) is 64.9 Å². The lowest BCUT2D eigenvalue weighted by atomic mass is 10.1. The topological polar surface area (TPSA) is 43.9 Å². The molecule has 126 valence electrons. The van der Waals surface area contributed by atoms with Gasteiger partial charge in [0.05, 0.1) is 16.1 Å². The van der Waals surface area contributed by atoms with Gasteiger partial charge in [0.15, 0.2) is 11.6 Å². The highest BCUT2D eigenvalue weighted by atomic mass is 35.5. The van der Waals surface area contributed by atoms with E-state index in [1.54, 1.807) is 6.92 Å². The van der Waals surface area contributed by atoms with Crippen LogP contribution in [0.1, 0.15) is 5.76 Å². The van der Waals surface area contributed by atoms with Gasteiger partial charge in [0.25, 0.3) is 0 Å². The third-order valence-corrected chi connectivity index (χ3v) is 4.15. The van der Waals surface area contributed by atoms with Crippen molar-refractivity contribution in [3.63, 3.8) is 0 Å². The summed E-state index contributed by atoms with van der Waals surface area (Å²) in [6, 6.07) is 5.77. The number of hydrogen-bond donors (Lipinski definition) is 0. The minimum atomic E-state index is -0.788. The zero-order valence-electron chi connectivity index (χ0n) is 12.7. The predicted octanol–water partition coefficient (Wildman–Crippen LogP) is 5.06. The summed E-state index contributed by atoms with van der Waals surface area (Å²) in [5.74, 6) is -1.37. The maximum atomic E-state index is 14.3. The molecule has 0 N–H and O–H groups in total. The number of aromatic nitrogens is 3. The van der Waals surface area contributed by atoms with Crippen LogP contribution in [-0.2, 0) is 0 Å². The van der Waals surface area contributed by atoms with Gasteiger partial charge in [0.1, 0.15) is 29.2 Å². The van der Waals surface area contributed by atoms with Gasteiger partial charge in [-0.05, 0) is 25.1 Å². The van der Waals surface area contributed by atoms with E-state index in [9.17, 15) is 13.2 Å². The molecule has 0 unspecified atom stereocenters. The summed E-state index contributed by atoms with van der Waals surface area (Å²) in [4.78, 5) is 4.01. The average Bonchev–Trinajstić information content (AvgIpc) is 3.11. The van der Waals surface area contributed by atoms with E-state index < -0.39 is 17.5 Å². The number of benzene rings is 2. The SMILES string of the molecule is Cc1onc(-n2cnc3cc(F)cc(F)c32)c1-c1ccc(F)cc1Cl. The van der Waals surface area contributed by atoms with E-state index in [1.807, 2.05) is 0 Å². The Morgan fingerprint density at radius 3 is 2.64 bits per heavy atom. The molecule has 0 spiro atoms. The van der Waals surface area contributed by atoms with Crippen LogP contribution in [-0.4, -0.2) is 14.7 Å². The van der Waals surface area contributed by atoms with Gasteiger partial charge >= 0.3 is 0 Å². The largest absolute Gasteiger partial charge is 0.359 e. The number of halogens is 4. The molecule has 0 saturated carbocycles. The zero-order chi connectivity index (χ0) is 17.7. The number of fused-ring (bicyclic) bond motifs is 1. The van der Waals surface area contributed by atoms with Crippen molar-refractivity contribution in [3.8, 4) is 16.9 Å². The first-order valence-corrected chi connectivity index (χ1v) is 7.57. The number of rotatable bonds is 2. The summed E-state index contributed by atoms with van der Waals surface area (Å²) in [7, 11) is 0. The summed E-state index contributed by atoms with van der Waals surface area (Å²) in [6.45, 7) is 1.65. The molecule has 4 rings (SSSR count). The first-order valence-electron chi connectivity index (χ1n) is 7.20. The molecule has 4 aromatic rings. The average molecular weight is 364 g/mol. The summed E-state index contributed by atoms with van der Waals surface area (Å²) in [5.41, 5.74) is 1.12. The molecule has 0 aliphatic heterocycles. The fraction of sp³-hybridized carbons (Fsp3) is 0.0588. The number of nitrogens with zero attached hydrogens (tertiary/aromatic N) is 3. The van der Waals surface area contributed by atoms with Crippen molar-refractivity contribution in [1.29, 1.82) is 0 Å². The Morgan fingerprint density at radius 2 is 1.88 bits per heavy atom. The molecule has 0 atom stereocenters. The van der Waals surface area contributed by atoms with Gasteiger partial charge in [-0.15, -0.1) is 0 Å². The third kappa shape index (κ3) is 2.47. The minimum Gasteiger partial charge on any atom is -0.359 e. The van der Waals surface area contributed by atoms with Gasteiger partial charge in [-0.1, -0.05) is 16.8 Å². The van der Waals surface area contributed by atoms with Crippen molar-refractivity contribution < 1.29 is 17.7 Å². The first kappa shape index (κ1) is 15.7. The second kappa shape index (κ2) is 5.63.